The lowest BCUT2D eigenvalue weighted by Gasteiger charge is -2.09. The maximum absolute atomic E-state index is 6.21. The molecular weight excluding hydrogens is 490 g/mol. The van der Waals surface area contributed by atoms with Crippen molar-refractivity contribution in [2.24, 2.45) is 0 Å². The van der Waals surface area contributed by atoms with Gasteiger partial charge in [0.15, 0.2) is 5.58 Å². The second-order valence-corrected chi connectivity index (χ2v) is 9.94. The summed E-state index contributed by atoms with van der Waals surface area (Å²) in [7, 11) is 0. The highest BCUT2D eigenvalue weighted by molar-refractivity contribution is 6.09. The number of oxazole rings is 1. The molecule has 0 saturated carbocycles. The van der Waals surface area contributed by atoms with E-state index in [0.29, 0.717) is 5.89 Å². The third-order valence-electron chi connectivity index (χ3n) is 7.55. The van der Waals surface area contributed by atoms with Gasteiger partial charge in [-0.05, 0) is 76.9 Å². The Kier molecular flexibility index (Phi) is 5.10. The van der Waals surface area contributed by atoms with E-state index in [0.717, 1.165) is 44.6 Å². The van der Waals surface area contributed by atoms with Crippen LogP contribution in [0.5, 0.6) is 0 Å². The average molecular weight is 514 g/mol. The van der Waals surface area contributed by atoms with Crippen molar-refractivity contribution in [1.82, 2.24) is 14.5 Å². The quantitative estimate of drug-likeness (QED) is 0.235. The summed E-state index contributed by atoms with van der Waals surface area (Å²) in [4.78, 5) is 8.96. The Bertz CT molecular complexity index is 2080. The lowest BCUT2D eigenvalue weighted by Crippen LogP contribution is -1.93. The molecule has 0 bridgehead atoms. The summed E-state index contributed by atoms with van der Waals surface area (Å²) in [6.45, 7) is 0. The maximum atomic E-state index is 6.21. The minimum atomic E-state index is 0.617. The Morgan fingerprint density at radius 1 is 0.525 bits per heavy atom. The molecule has 3 heterocycles. The number of nitrogens with zero attached hydrogens (tertiary/aromatic N) is 3. The van der Waals surface area contributed by atoms with E-state index in [1.54, 1.807) is 6.20 Å². The summed E-state index contributed by atoms with van der Waals surface area (Å²) in [5.74, 6) is 0.617. The first-order valence-corrected chi connectivity index (χ1v) is 13.3. The summed E-state index contributed by atoms with van der Waals surface area (Å²) >= 11 is 0. The average Bonchev–Trinajstić information content (AvgIpc) is 3.61. The van der Waals surface area contributed by atoms with Crippen LogP contribution >= 0.6 is 0 Å². The van der Waals surface area contributed by atoms with Gasteiger partial charge in [0.2, 0.25) is 5.89 Å². The molecule has 4 heteroatoms. The van der Waals surface area contributed by atoms with Crippen LogP contribution < -0.4 is 0 Å². The van der Waals surface area contributed by atoms with Crippen LogP contribution in [0, 0.1) is 0 Å². The van der Waals surface area contributed by atoms with Crippen LogP contribution in [0.3, 0.4) is 0 Å². The van der Waals surface area contributed by atoms with Gasteiger partial charge in [0.05, 0.1) is 11.0 Å². The zero-order valence-electron chi connectivity index (χ0n) is 21.5. The number of fused-ring (bicyclic) bond motifs is 4. The molecule has 3 aromatic heterocycles. The van der Waals surface area contributed by atoms with Crippen LogP contribution in [-0.4, -0.2) is 14.5 Å². The molecule has 0 N–H and O–H groups in total. The fourth-order valence-electron chi connectivity index (χ4n) is 5.57. The summed E-state index contributed by atoms with van der Waals surface area (Å²) in [6.07, 6.45) is 3.65. The van der Waals surface area contributed by atoms with E-state index in [-0.39, 0.29) is 0 Å². The van der Waals surface area contributed by atoms with Crippen molar-refractivity contribution in [3.05, 3.63) is 140 Å². The molecule has 0 atom stereocenters. The van der Waals surface area contributed by atoms with Crippen molar-refractivity contribution in [2.45, 2.75) is 0 Å². The van der Waals surface area contributed by atoms with E-state index in [1.165, 1.54) is 21.8 Å². The lowest BCUT2D eigenvalue weighted by molar-refractivity contribution is 0.620. The van der Waals surface area contributed by atoms with Gasteiger partial charge in [-0.2, -0.15) is 0 Å². The molecule has 8 rings (SSSR count). The zero-order chi connectivity index (χ0) is 26.5. The number of aromatic nitrogens is 3. The summed E-state index contributed by atoms with van der Waals surface area (Å²) in [6, 6.07) is 44.3. The standard InChI is InChI=1S/C36H23N3O/c1-3-9-33-30(7-1)31-8-2-4-10-34(31)39(33)29-18-15-24(16-19-29)27-17-20-32-35(22-27)40-36(38-32)26-13-11-25(12-14-26)28-6-5-21-37-23-28/h1-23H. The van der Waals surface area contributed by atoms with Crippen molar-refractivity contribution < 1.29 is 4.42 Å². The van der Waals surface area contributed by atoms with Gasteiger partial charge in [-0.3, -0.25) is 4.98 Å². The minimum Gasteiger partial charge on any atom is -0.436 e. The minimum absolute atomic E-state index is 0.617. The largest absolute Gasteiger partial charge is 0.436 e. The molecule has 0 unspecified atom stereocenters. The van der Waals surface area contributed by atoms with Crippen molar-refractivity contribution in [2.75, 3.05) is 0 Å². The number of benzene rings is 5. The van der Waals surface area contributed by atoms with E-state index in [4.69, 9.17) is 9.40 Å². The second-order valence-electron chi connectivity index (χ2n) is 9.94. The van der Waals surface area contributed by atoms with Crippen molar-refractivity contribution in [1.29, 1.82) is 0 Å². The Labute approximate surface area is 230 Å². The third kappa shape index (κ3) is 3.69. The maximum Gasteiger partial charge on any atom is 0.227 e. The van der Waals surface area contributed by atoms with Gasteiger partial charge in [0, 0.05) is 34.4 Å². The highest BCUT2D eigenvalue weighted by Gasteiger charge is 2.13. The molecular formula is C36H23N3O. The Morgan fingerprint density at radius 3 is 1.85 bits per heavy atom. The van der Waals surface area contributed by atoms with E-state index >= 15 is 0 Å². The van der Waals surface area contributed by atoms with Gasteiger partial charge >= 0.3 is 0 Å². The Morgan fingerprint density at radius 2 is 1.15 bits per heavy atom. The summed E-state index contributed by atoms with van der Waals surface area (Å²) in [5.41, 5.74) is 10.5. The molecule has 0 radical (unpaired) electrons. The van der Waals surface area contributed by atoms with Gasteiger partial charge in [0.25, 0.3) is 0 Å². The zero-order valence-corrected chi connectivity index (χ0v) is 21.5. The predicted octanol–water partition coefficient (Wildman–Crippen LogP) is 9.32. The number of para-hydroxylation sites is 2. The van der Waals surface area contributed by atoms with Crippen LogP contribution in [0.1, 0.15) is 0 Å². The summed E-state index contributed by atoms with van der Waals surface area (Å²) < 4.78 is 8.55. The molecule has 5 aromatic carbocycles. The van der Waals surface area contributed by atoms with E-state index in [1.807, 2.05) is 30.5 Å². The third-order valence-corrected chi connectivity index (χ3v) is 7.55. The fourth-order valence-corrected chi connectivity index (χ4v) is 5.57. The number of hydrogen-bond acceptors (Lipinski definition) is 3. The monoisotopic (exact) mass is 513 g/mol. The molecule has 40 heavy (non-hydrogen) atoms. The first-order valence-electron chi connectivity index (χ1n) is 13.3. The molecule has 4 nitrogen and oxygen atoms in total. The summed E-state index contributed by atoms with van der Waals surface area (Å²) in [5, 5.41) is 2.53. The normalized spacial score (nSPS) is 11.5. The number of rotatable bonds is 4. The van der Waals surface area contributed by atoms with Crippen LogP contribution in [0.25, 0.3) is 72.3 Å². The van der Waals surface area contributed by atoms with E-state index < -0.39 is 0 Å². The van der Waals surface area contributed by atoms with E-state index in [2.05, 4.69) is 113 Å². The van der Waals surface area contributed by atoms with E-state index in [9.17, 15) is 0 Å². The lowest BCUT2D eigenvalue weighted by atomic mass is 10.0. The second kappa shape index (κ2) is 9.07. The van der Waals surface area contributed by atoms with Gasteiger partial charge in [-0.25, -0.2) is 4.98 Å². The molecule has 0 saturated heterocycles. The van der Waals surface area contributed by atoms with Gasteiger partial charge in [-0.1, -0.05) is 72.8 Å². The number of hydrogen-bond donors (Lipinski definition) is 0. The number of pyridine rings is 1. The predicted molar refractivity (Wildman–Crippen MR) is 162 cm³/mol. The smallest absolute Gasteiger partial charge is 0.227 e. The fraction of sp³-hybridized carbons (Fsp3) is 0. The molecule has 0 fully saturated rings. The molecule has 0 aliphatic rings. The highest BCUT2D eigenvalue weighted by Crippen LogP contribution is 2.34. The van der Waals surface area contributed by atoms with Crippen LogP contribution in [0.15, 0.2) is 144 Å². The van der Waals surface area contributed by atoms with Crippen LogP contribution in [0.4, 0.5) is 0 Å². The van der Waals surface area contributed by atoms with Crippen molar-refractivity contribution in [3.63, 3.8) is 0 Å². The van der Waals surface area contributed by atoms with Crippen molar-refractivity contribution >= 4 is 32.9 Å². The Balaban J connectivity index is 1.12. The topological polar surface area (TPSA) is 43.9 Å². The van der Waals surface area contributed by atoms with Crippen molar-refractivity contribution in [3.8, 4) is 39.4 Å². The molecule has 8 aromatic rings. The van der Waals surface area contributed by atoms with Crippen LogP contribution in [0.2, 0.25) is 0 Å². The molecule has 0 aliphatic heterocycles. The van der Waals surface area contributed by atoms with Crippen LogP contribution in [-0.2, 0) is 0 Å². The van der Waals surface area contributed by atoms with Gasteiger partial charge in [0.1, 0.15) is 5.52 Å². The highest BCUT2D eigenvalue weighted by atomic mass is 16.3. The van der Waals surface area contributed by atoms with Gasteiger partial charge < -0.3 is 8.98 Å². The molecule has 0 spiro atoms. The SMILES string of the molecule is c1cncc(-c2ccc(-c3nc4ccc(-c5ccc(-n6c7ccccc7c7ccccc76)cc5)cc4o3)cc2)c1. The van der Waals surface area contributed by atoms with Gasteiger partial charge in [-0.15, -0.1) is 0 Å². The molecule has 0 amide bonds. The molecule has 0 aliphatic carbocycles. The molecule has 188 valence electrons. The first kappa shape index (κ1) is 22.5. The Hall–Kier alpha value is -5.48. The first-order chi connectivity index (χ1) is 19.8.